The monoisotopic (exact) mass is 355 g/mol. The fraction of sp³-hybridized carbons (Fsp3) is 0.409. The second-order valence-corrected chi connectivity index (χ2v) is 7.26. The number of aromatic hydroxyl groups is 1. The molecule has 1 atom stereocenters. The molecule has 2 aromatic rings. The smallest absolute Gasteiger partial charge is 0.335 e. The van der Waals surface area contributed by atoms with Crippen molar-refractivity contribution in [2.75, 3.05) is 6.54 Å². The Hall–Kier alpha value is -2.33. The number of aromatic carboxylic acids is 1. The van der Waals surface area contributed by atoms with Gasteiger partial charge in [0.15, 0.2) is 0 Å². The third kappa shape index (κ3) is 4.85. The van der Waals surface area contributed by atoms with E-state index in [-0.39, 0.29) is 17.2 Å². The number of hydrogen-bond donors (Lipinski definition) is 2. The number of hydrogen-bond acceptors (Lipinski definition) is 3. The van der Waals surface area contributed by atoms with Crippen LogP contribution in [-0.4, -0.2) is 39.7 Å². The Labute approximate surface area is 156 Å². The van der Waals surface area contributed by atoms with Crippen LogP contribution in [0.15, 0.2) is 48.5 Å². The van der Waals surface area contributed by atoms with E-state index in [0.717, 1.165) is 18.5 Å². The third-order valence-corrected chi connectivity index (χ3v) is 4.85. The van der Waals surface area contributed by atoms with Gasteiger partial charge in [-0.3, -0.25) is 4.90 Å². The molecule has 2 aromatic carbocycles. The van der Waals surface area contributed by atoms with E-state index in [0.29, 0.717) is 17.6 Å². The van der Waals surface area contributed by atoms with Gasteiger partial charge in [0.2, 0.25) is 0 Å². The number of rotatable bonds is 8. The van der Waals surface area contributed by atoms with Gasteiger partial charge in [-0.25, -0.2) is 4.79 Å². The average Bonchev–Trinajstić information content (AvgIpc) is 2.59. The lowest BCUT2D eigenvalue weighted by Crippen LogP contribution is -2.38. The maximum absolute atomic E-state index is 11.4. The van der Waals surface area contributed by atoms with Crippen LogP contribution in [-0.2, 0) is 0 Å². The molecular formula is C22H29NO3. The van der Waals surface area contributed by atoms with Crippen LogP contribution in [0, 0.1) is 0 Å². The van der Waals surface area contributed by atoms with E-state index in [1.165, 1.54) is 12.1 Å². The zero-order chi connectivity index (χ0) is 19.3. The Bertz CT molecular complexity index is 717. The van der Waals surface area contributed by atoms with Crippen molar-refractivity contribution in [3.8, 4) is 5.75 Å². The van der Waals surface area contributed by atoms with E-state index in [1.54, 1.807) is 6.07 Å². The Morgan fingerprint density at radius 1 is 1.00 bits per heavy atom. The molecule has 4 nitrogen and oxygen atoms in total. The molecule has 0 radical (unpaired) electrons. The van der Waals surface area contributed by atoms with E-state index in [2.05, 4.69) is 32.6 Å². The minimum Gasteiger partial charge on any atom is -0.508 e. The van der Waals surface area contributed by atoms with Crippen molar-refractivity contribution in [3.05, 3.63) is 65.2 Å². The quantitative estimate of drug-likeness (QED) is 0.718. The third-order valence-electron chi connectivity index (χ3n) is 4.85. The minimum absolute atomic E-state index is 0.0597. The molecule has 0 fully saturated rings. The lowest BCUT2D eigenvalue weighted by molar-refractivity contribution is 0.0696. The predicted molar refractivity (Wildman–Crippen MR) is 105 cm³/mol. The lowest BCUT2D eigenvalue weighted by atomic mass is 9.86. The molecule has 26 heavy (non-hydrogen) atoms. The molecule has 0 saturated carbocycles. The van der Waals surface area contributed by atoms with Crippen LogP contribution < -0.4 is 0 Å². The van der Waals surface area contributed by atoms with Crippen molar-refractivity contribution >= 4 is 5.97 Å². The van der Waals surface area contributed by atoms with Crippen LogP contribution in [0.4, 0.5) is 0 Å². The van der Waals surface area contributed by atoms with Crippen LogP contribution in [0.25, 0.3) is 0 Å². The molecule has 0 aliphatic carbocycles. The second-order valence-electron chi connectivity index (χ2n) is 7.26. The van der Waals surface area contributed by atoms with Gasteiger partial charge in [0.1, 0.15) is 5.75 Å². The number of benzene rings is 2. The normalized spacial score (nSPS) is 12.7. The van der Waals surface area contributed by atoms with Crippen molar-refractivity contribution in [1.82, 2.24) is 4.90 Å². The average molecular weight is 355 g/mol. The summed E-state index contributed by atoms with van der Waals surface area (Å²) in [4.78, 5) is 13.8. The highest BCUT2D eigenvalue weighted by Crippen LogP contribution is 2.35. The summed E-state index contributed by atoms with van der Waals surface area (Å²) in [5, 5.41) is 19.8. The molecule has 0 aliphatic heterocycles. The Morgan fingerprint density at radius 2 is 1.62 bits per heavy atom. The van der Waals surface area contributed by atoms with Crippen molar-refractivity contribution in [3.63, 3.8) is 0 Å². The van der Waals surface area contributed by atoms with E-state index in [1.807, 2.05) is 30.3 Å². The minimum atomic E-state index is -0.982. The first-order valence-corrected chi connectivity index (χ1v) is 9.18. The molecular weight excluding hydrogens is 326 g/mol. The fourth-order valence-corrected chi connectivity index (χ4v) is 3.54. The fourth-order valence-electron chi connectivity index (χ4n) is 3.54. The van der Waals surface area contributed by atoms with Crippen LogP contribution in [0.2, 0.25) is 0 Å². The Morgan fingerprint density at radius 3 is 2.15 bits per heavy atom. The zero-order valence-electron chi connectivity index (χ0n) is 16.0. The van der Waals surface area contributed by atoms with E-state index in [4.69, 9.17) is 0 Å². The highest BCUT2D eigenvalue weighted by Gasteiger charge is 2.22. The summed E-state index contributed by atoms with van der Waals surface area (Å²) in [5.41, 5.74) is 1.95. The number of nitrogens with zero attached hydrogens (tertiary/aromatic N) is 1. The van der Waals surface area contributed by atoms with Gasteiger partial charge in [-0.15, -0.1) is 0 Å². The summed E-state index contributed by atoms with van der Waals surface area (Å²) < 4.78 is 0. The molecule has 0 spiro atoms. The summed E-state index contributed by atoms with van der Waals surface area (Å²) in [5.74, 6) is -0.899. The van der Waals surface area contributed by atoms with E-state index >= 15 is 0 Å². The summed E-state index contributed by atoms with van der Waals surface area (Å²) in [6, 6.07) is 15.4. The van der Waals surface area contributed by atoms with Gasteiger partial charge in [-0.1, -0.05) is 30.3 Å². The summed E-state index contributed by atoms with van der Waals surface area (Å²) in [7, 11) is 0. The van der Waals surface area contributed by atoms with Gasteiger partial charge < -0.3 is 10.2 Å². The maximum atomic E-state index is 11.4. The van der Waals surface area contributed by atoms with Gasteiger partial charge >= 0.3 is 5.97 Å². The first kappa shape index (κ1) is 20.0. The van der Waals surface area contributed by atoms with Crippen LogP contribution >= 0.6 is 0 Å². The number of carboxylic acids is 1. The first-order chi connectivity index (χ1) is 12.3. The summed E-state index contributed by atoms with van der Waals surface area (Å²) in [6.07, 6.45) is 0.803. The molecule has 0 amide bonds. The second kappa shape index (κ2) is 8.86. The highest BCUT2D eigenvalue weighted by atomic mass is 16.4. The van der Waals surface area contributed by atoms with Crippen molar-refractivity contribution in [1.29, 1.82) is 0 Å². The molecule has 0 unspecified atom stereocenters. The van der Waals surface area contributed by atoms with Gasteiger partial charge in [-0.2, -0.15) is 0 Å². The SMILES string of the molecule is CC(C)N(CC[C@@H](c1ccccc1)c1cc(C(=O)O)ccc1O)C(C)C. The molecule has 0 aliphatic rings. The van der Waals surface area contributed by atoms with Gasteiger partial charge in [0.25, 0.3) is 0 Å². The van der Waals surface area contributed by atoms with E-state index < -0.39 is 5.97 Å². The van der Waals surface area contributed by atoms with Crippen LogP contribution in [0.5, 0.6) is 5.75 Å². The van der Waals surface area contributed by atoms with Crippen LogP contribution in [0.3, 0.4) is 0 Å². The van der Waals surface area contributed by atoms with Gasteiger partial charge in [-0.05, 0) is 64.4 Å². The Kier molecular flexibility index (Phi) is 6.81. The molecule has 0 saturated heterocycles. The lowest BCUT2D eigenvalue weighted by Gasteiger charge is -2.32. The van der Waals surface area contributed by atoms with Crippen LogP contribution in [0.1, 0.15) is 61.5 Å². The molecule has 140 valence electrons. The topological polar surface area (TPSA) is 60.8 Å². The maximum Gasteiger partial charge on any atom is 0.335 e. The summed E-state index contributed by atoms with van der Waals surface area (Å²) in [6.45, 7) is 9.59. The van der Waals surface area contributed by atoms with Crippen molar-refractivity contribution in [2.45, 2.75) is 52.1 Å². The Balaban J connectivity index is 2.40. The molecule has 4 heteroatoms. The molecule has 0 bridgehead atoms. The number of carboxylic acid groups (broad SMARTS) is 1. The van der Waals surface area contributed by atoms with Crippen molar-refractivity contribution < 1.29 is 15.0 Å². The van der Waals surface area contributed by atoms with Gasteiger partial charge in [0.05, 0.1) is 5.56 Å². The number of carbonyl (C=O) groups is 1. The molecule has 0 aromatic heterocycles. The van der Waals surface area contributed by atoms with Gasteiger partial charge in [0, 0.05) is 23.6 Å². The standard InChI is InChI=1S/C22H29NO3/c1-15(2)23(16(3)4)13-12-19(17-8-6-5-7-9-17)20-14-18(22(25)26)10-11-21(20)24/h5-11,14-16,19,24H,12-13H2,1-4H3,(H,25,26)/t19-/m0/s1. The molecule has 2 N–H and O–H groups in total. The van der Waals surface area contributed by atoms with Crippen molar-refractivity contribution in [2.24, 2.45) is 0 Å². The largest absolute Gasteiger partial charge is 0.508 e. The number of phenols is 1. The number of phenolic OH excluding ortho intramolecular Hbond substituents is 1. The predicted octanol–water partition coefficient (Wildman–Crippen LogP) is 4.73. The summed E-state index contributed by atoms with van der Waals surface area (Å²) >= 11 is 0. The highest BCUT2D eigenvalue weighted by molar-refractivity contribution is 5.88. The first-order valence-electron chi connectivity index (χ1n) is 9.18. The van der Waals surface area contributed by atoms with E-state index in [9.17, 15) is 15.0 Å². The molecule has 2 rings (SSSR count). The molecule has 0 heterocycles. The zero-order valence-corrected chi connectivity index (χ0v) is 16.0.